The van der Waals surface area contributed by atoms with Gasteiger partial charge < -0.3 is 15.9 Å². The molecule has 1 unspecified atom stereocenters. The molecule has 2 rings (SSSR count). The number of anilines is 1. The maximum absolute atomic E-state index is 10.6. The molecule has 1 aliphatic carbocycles. The van der Waals surface area contributed by atoms with Gasteiger partial charge in [0, 0.05) is 12.6 Å². The summed E-state index contributed by atoms with van der Waals surface area (Å²) in [5, 5.41) is 20.9. The Kier molecular flexibility index (Phi) is 4.19. The number of nitrogens with zero attached hydrogens (tertiary/aromatic N) is 1. The van der Waals surface area contributed by atoms with Gasteiger partial charge in [0.25, 0.3) is 0 Å². The third-order valence-corrected chi connectivity index (χ3v) is 3.93. The standard InChI is InChI=1S/C14H22N2O2/c15-13-11(6-5-9-16-13)10-12(17)14(18)7-3-1-2-4-8-14/h5-6,9,12,17-18H,1-4,7-8,10H2,(H2,15,16). The minimum atomic E-state index is -0.960. The van der Waals surface area contributed by atoms with E-state index in [1.807, 2.05) is 6.07 Å². The van der Waals surface area contributed by atoms with Gasteiger partial charge in [-0.25, -0.2) is 4.98 Å². The largest absolute Gasteiger partial charge is 0.390 e. The van der Waals surface area contributed by atoms with Crippen molar-refractivity contribution in [2.45, 2.75) is 56.7 Å². The zero-order valence-corrected chi connectivity index (χ0v) is 10.7. The summed E-state index contributed by atoms with van der Waals surface area (Å²) in [6.45, 7) is 0. The number of aliphatic hydroxyl groups is 2. The molecule has 1 aliphatic rings. The van der Waals surface area contributed by atoms with Gasteiger partial charge in [-0.15, -0.1) is 0 Å². The summed E-state index contributed by atoms with van der Waals surface area (Å²) in [5.41, 5.74) is 5.62. The van der Waals surface area contributed by atoms with E-state index in [2.05, 4.69) is 4.98 Å². The lowest BCUT2D eigenvalue weighted by molar-refractivity contribution is -0.0836. The van der Waals surface area contributed by atoms with Crippen molar-refractivity contribution < 1.29 is 10.2 Å². The number of pyridine rings is 1. The third-order valence-electron chi connectivity index (χ3n) is 3.93. The molecule has 0 amide bonds. The van der Waals surface area contributed by atoms with Gasteiger partial charge in [-0.05, 0) is 24.5 Å². The van der Waals surface area contributed by atoms with E-state index in [0.29, 0.717) is 25.1 Å². The van der Waals surface area contributed by atoms with Crippen LogP contribution in [-0.4, -0.2) is 26.9 Å². The van der Waals surface area contributed by atoms with Crippen molar-refractivity contribution in [2.24, 2.45) is 0 Å². The van der Waals surface area contributed by atoms with Crippen LogP contribution < -0.4 is 5.73 Å². The maximum Gasteiger partial charge on any atom is 0.126 e. The van der Waals surface area contributed by atoms with E-state index in [1.54, 1.807) is 12.3 Å². The van der Waals surface area contributed by atoms with Gasteiger partial charge in [-0.3, -0.25) is 0 Å². The van der Waals surface area contributed by atoms with Crippen molar-refractivity contribution in [3.8, 4) is 0 Å². The van der Waals surface area contributed by atoms with E-state index < -0.39 is 11.7 Å². The maximum atomic E-state index is 10.6. The fraction of sp³-hybridized carbons (Fsp3) is 0.643. The lowest BCUT2D eigenvalue weighted by atomic mass is 9.85. The Morgan fingerprint density at radius 1 is 1.28 bits per heavy atom. The van der Waals surface area contributed by atoms with Crippen LogP contribution in [0, 0.1) is 0 Å². The van der Waals surface area contributed by atoms with Crippen LogP contribution in [0.1, 0.15) is 44.1 Å². The predicted octanol–water partition coefficient (Wildman–Crippen LogP) is 1.65. The predicted molar refractivity (Wildman–Crippen MR) is 71.0 cm³/mol. The lowest BCUT2D eigenvalue weighted by Crippen LogP contribution is -2.43. The van der Waals surface area contributed by atoms with Crippen molar-refractivity contribution in [3.63, 3.8) is 0 Å². The normalized spacial score (nSPS) is 21.2. The fourth-order valence-corrected chi connectivity index (χ4v) is 2.70. The van der Waals surface area contributed by atoms with Gasteiger partial charge in [-0.1, -0.05) is 31.7 Å². The number of hydrogen-bond acceptors (Lipinski definition) is 4. The molecule has 1 aromatic heterocycles. The zero-order valence-electron chi connectivity index (χ0n) is 10.7. The third kappa shape index (κ3) is 3.00. The van der Waals surface area contributed by atoms with E-state index in [1.165, 1.54) is 0 Å². The van der Waals surface area contributed by atoms with Crippen LogP contribution in [0.5, 0.6) is 0 Å². The van der Waals surface area contributed by atoms with E-state index in [0.717, 1.165) is 31.2 Å². The minimum Gasteiger partial charge on any atom is -0.390 e. The Bertz CT molecular complexity index is 387. The molecule has 0 aliphatic heterocycles. The highest BCUT2D eigenvalue weighted by molar-refractivity contribution is 5.39. The van der Waals surface area contributed by atoms with E-state index in [4.69, 9.17) is 5.73 Å². The molecule has 1 heterocycles. The summed E-state index contributed by atoms with van der Waals surface area (Å²) >= 11 is 0. The monoisotopic (exact) mass is 250 g/mol. The Hall–Kier alpha value is -1.13. The molecule has 0 aromatic carbocycles. The SMILES string of the molecule is Nc1ncccc1CC(O)C1(O)CCCCCC1. The second-order valence-corrected chi connectivity index (χ2v) is 5.29. The zero-order chi connectivity index (χ0) is 13.0. The second kappa shape index (κ2) is 5.67. The molecule has 1 aromatic rings. The first-order chi connectivity index (χ1) is 8.62. The van der Waals surface area contributed by atoms with Gasteiger partial charge in [0.2, 0.25) is 0 Å². The average Bonchev–Trinajstić information content (AvgIpc) is 2.58. The molecule has 1 saturated carbocycles. The summed E-state index contributed by atoms with van der Waals surface area (Å²) in [7, 11) is 0. The molecule has 4 nitrogen and oxygen atoms in total. The minimum absolute atomic E-state index is 0.371. The van der Waals surface area contributed by atoms with Crippen LogP contribution in [0.15, 0.2) is 18.3 Å². The number of aromatic nitrogens is 1. The molecule has 0 saturated heterocycles. The van der Waals surface area contributed by atoms with E-state index in [-0.39, 0.29) is 0 Å². The van der Waals surface area contributed by atoms with Gasteiger partial charge in [-0.2, -0.15) is 0 Å². The van der Waals surface area contributed by atoms with Gasteiger partial charge in [0.15, 0.2) is 0 Å². The van der Waals surface area contributed by atoms with Crippen molar-refractivity contribution in [1.29, 1.82) is 0 Å². The first kappa shape index (κ1) is 13.3. The van der Waals surface area contributed by atoms with E-state index >= 15 is 0 Å². The van der Waals surface area contributed by atoms with Crippen molar-refractivity contribution >= 4 is 5.82 Å². The Labute approximate surface area is 108 Å². The molecule has 4 heteroatoms. The number of rotatable bonds is 3. The summed E-state index contributed by atoms with van der Waals surface area (Å²) in [6.07, 6.45) is 6.84. The van der Waals surface area contributed by atoms with Gasteiger partial charge in [0.1, 0.15) is 5.82 Å². The second-order valence-electron chi connectivity index (χ2n) is 5.29. The first-order valence-electron chi connectivity index (χ1n) is 6.72. The Morgan fingerprint density at radius 3 is 2.56 bits per heavy atom. The van der Waals surface area contributed by atoms with Crippen LogP contribution in [0.3, 0.4) is 0 Å². The topological polar surface area (TPSA) is 79.4 Å². The lowest BCUT2D eigenvalue weighted by Gasteiger charge is -2.32. The highest BCUT2D eigenvalue weighted by Gasteiger charge is 2.35. The number of hydrogen-bond donors (Lipinski definition) is 3. The number of nitrogen functional groups attached to an aromatic ring is 1. The van der Waals surface area contributed by atoms with Crippen LogP contribution in [0.4, 0.5) is 5.82 Å². The molecule has 0 radical (unpaired) electrons. The van der Waals surface area contributed by atoms with Crippen LogP contribution in [0.25, 0.3) is 0 Å². The molecule has 1 atom stereocenters. The summed E-state index contributed by atoms with van der Waals surface area (Å²) in [6, 6.07) is 3.65. The molecular formula is C14H22N2O2. The van der Waals surface area contributed by atoms with Crippen molar-refractivity contribution in [3.05, 3.63) is 23.9 Å². The molecule has 4 N–H and O–H groups in total. The molecule has 1 fully saturated rings. The number of aliphatic hydroxyl groups excluding tert-OH is 1. The van der Waals surface area contributed by atoms with Crippen molar-refractivity contribution in [1.82, 2.24) is 4.98 Å². The fourth-order valence-electron chi connectivity index (χ4n) is 2.70. The Balaban J connectivity index is 2.06. The smallest absolute Gasteiger partial charge is 0.126 e. The number of nitrogens with two attached hydrogens (primary N) is 1. The molecule has 0 spiro atoms. The average molecular weight is 250 g/mol. The highest BCUT2D eigenvalue weighted by atomic mass is 16.3. The Morgan fingerprint density at radius 2 is 1.94 bits per heavy atom. The van der Waals surface area contributed by atoms with Gasteiger partial charge in [0.05, 0.1) is 11.7 Å². The quantitative estimate of drug-likeness (QED) is 0.713. The summed E-state index contributed by atoms with van der Waals surface area (Å²) in [4.78, 5) is 4.00. The molecular weight excluding hydrogens is 228 g/mol. The molecule has 0 bridgehead atoms. The van der Waals surface area contributed by atoms with E-state index in [9.17, 15) is 10.2 Å². The van der Waals surface area contributed by atoms with Gasteiger partial charge >= 0.3 is 0 Å². The summed E-state index contributed by atoms with van der Waals surface area (Å²) in [5.74, 6) is 0.439. The molecule has 18 heavy (non-hydrogen) atoms. The van der Waals surface area contributed by atoms with Crippen LogP contribution >= 0.6 is 0 Å². The summed E-state index contributed by atoms with van der Waals surface area (Å²) < 4.78 is 0. The van der Waals surface area contributed by atoms with Crippen molar-refractivity contribution in [2.75, 3.05) is 5.73 Å². The van der Waals surface area contributed by atoms with Crippen LogP contribution in [0.2, 0.25) is 0 Å². The first-order valence-corrected chi connectivity index (χ1v) is 6.72. The van der Waals surface area contributed by atoms with Crippen LogP contribution in [-0.2, 0) is 6.42 Å². The highest BCUT2D eigenvalue weighted by Crippen LogP contribution is 2.31. The molecule has 100 valence electrons.